The summed E-state index contributed by atoms with van der Waals surface area (Å²) in [6, 6.07) is 6.65. The highest BCUT2D eigenvalue weighted by molar-refractivity contribution is 8.01. The molecule has 0 saturated heterocycles. The molecule has 0 aliphatic heterocycles. The molecule has 0 N–H and O–H groups in total. The quantitative estimate of drug-likeness (QED) is 0.624. The van der Waals surface area contributed by atoms with Crippen molar-refractivity contribution in [2.75, 3.05) is 6.26 Å². The number of aliphatic imine (C=N–C) groups is 1. The van der Waals surface area contributed by atoms with Crippen molar-refractivity contribution < 1.29 is 22.8 Å². The van der Waals surface area contributed by atoms with Gasteiger partial charge in [0.2, 0.25) is 11.6 Å². The van der Waals surface area contributed by atoms with Gasteiger partial charge in [-0.2, -0.15) is 13.2 Å². The Morgan fingerprint density at radius 1 is 1.22 bits per heavy atom. The predicted octanol–water partition coefficient (Wildman–Crippen LogP) is 5.23. The SMILES string of the molecule is CSC1C(=O)c2ncccc2C(=O)C1=Nc1ccc(SC(F)(F)F)cc1Cl. The zero-order valence-electron chi connectivity index (χ0n) is 13.6. The van der Waals surface area contributed by atoms with Crippen LogP contribution in [0.15, 0.2) is 46.4 Å². The standard InChI is InChI=1S/C17H10ClF3N2O2S2/c1-26-16-13(14(24)9-3-2-6-22-12(9)15(16)25)23-11-5-4-8(7-10(11)18)27-17(19,20)21/h2-7,16H,1H3. The van der Waals surface area contributed by atoms with Crippen LogP contribution in [0.3, 0.4) is 0 Å². The minimum absolute atomic E-state index is 0.0221. The number of alkyl halides is 3. The van der Waals surface area contributed by atoms with Gasteiger partial charge in [-0.3, -0.25) is 14.6 Å². The molecule has 0 saturated carbocycles. The number of halogens is 4. The van der Waals surface area contributed by atoms with Gasteiger partial charge in [0.15, 0.2) is 0 Å². The largest absolute Gasteiger partial charge is 0.446 e. The summed E-state index contributed by atoms with van der Waals surface area (Å²) in [6.07, 6.45) is 3.08. The third-order valence-electron chi connectivity index (χ3n) is 3.63. The number of carbonyl (C=O) groups is 2. The first kappa shape index (κ1) is 19.9. The van der Waals surface area contributed by atoms with E-state index in [2.05, 4.69) is 9.98 Å². The Hall–Kier alpha value is -1.84. The molecule has 1 atom stereocenters. The lowest BCUT2D eigenvalue weighted by atomic mass is 9.91. The van der Waals surface area contributed by atoms with Gasteiger partial charge in [0.25, 0.3) is 0 Å². The fourth-order valence-electron chi connectivity index (χ4n) is 2.52. The second kappa shape index (κ2) is 7.65. The summed E-state index contributed by atoms with van der Waals surface area (Å²) >= 11 is 6.88. The topological polar surface area (TPSA) is 59.4 Å². The Morgan fingerprint density at radius 2 is 1.96 bits per heavy atom. The van der Waals surface area contributed by atoms with Gasteiger partial charge >= 0.3 is 5.51 Å². The number of carbonyl (C=O) groups excluding carboxylic acids is 2. The van der Waals surface area contributed by atoms with Crippen LogP contribution in [-0.4, -0.2) is 39.3 Å². The molecule has 4 nitrogen and oxygen atoms in total. The van der Waals surface area contributed by atoms with Gasteiger partial charge in [-0.05, 0) is 48.3 Å². The summed E-state index contributed by atoms with van der Waals surface area (Å²) < 4.78 is 37.4. The van der Waals surface area contributed by atoms with Crippen molar-refractivity contribution in [3.63, 3.8) is 0 Å². The van der Waals surface area contributed by atoms with Crippen molar-refractivity contribution in [3.05, 3.63) is 52.8 Å². The number of hydrogen-bond donors (Lipinski definition) is 0. The number of fused-ring (bicyclic) bond motifs is 1. The molecule has 27 heavy (non-hydrogen) atoms. The molecule has 0 spiro atoms. The van der Waals surface area contributed by atoms with Crippen LogP contribution in [0.25, 0.3) is 0 Å². The van der Waals surface area contributed by atoms with E-state index in [9.17, 15) is 22.8 Å². The van der Waals surface area contributed by atoms with E-state index in [0.29, 0.717) is 0 Å². The molecule has 3 rings (SSSR count). The minimum atomic E-state index is -4.44. The van der Waals surface area contributed by atoms with Crippen LogP contribution < -0.4 is 0 Å². The maximum Gasteiger partial charge on any atom is 0.446 e. The molecule has 140 valence electrons. The van der Waals surface area contributed by atoms with Crippen LogP contribution in [0, 0.1) is 0 Å². The van der Waals surface area contributed by atoms with Crippen LogP contribution in [-0.2, 0) is 0 Å². The van der Waals surface area contributed by atoms with E-state index in [4.69, 9.17) is 11.6 Å². The second-order valence-electron chi connectivity index (χ2n) is 5.37. The zero-order chi connectivity index (χ0) is 19.8. The van der Waals surface area contributed by atoms with Crippen LogP contribution in [0.5, 0.6) is 0 Å². The Morgan fingerprint density at radius 3 is 2.59 bits per heavy atom. The molecule has 0 amide bonds. The molecular weight excluding hydrogens is 421 g/mol. The molecule has 0 radical (unpaired) electrons. The lowest BCUT2D eigenvalue weighted by Gasteiger charge is -2.22. The number of thioether (sulfide) groups is 2. The lowest BCUT2D eigenvalue weighted by Crippen LogP contribution is -2.39. The molecule has 1 unspecified atom stereocenters. The van der Waals surface area contributed by atoms with Crippen LogP contribution >= 0.6 is 35.1 Å². The number of ketones is 2. The Bertz CT molecular complexity index is 963. The van der Waals surface area contributed by atoms with E-state index in [0.717, 1.165) is 17.8 Å². The van der Waals surface area contributed by atoms with E-state index in [1.165, 1.54) is 30.5 Å². The smallest absolute Gasteiger partial charge is 0.291 e. The monoisotopic (exact) mass is 430 g/mol. The normalized spacial score (nSPS) is 18.7. The lowest BCUT2D eigenvalue weighted by molar-refractivity contribution is -0.0328. The first-order valence-corrected chi connectivity index (χ1v) is 9.90. The first-order valence-electron chi connectivity index (χ1n) is 7.42. The molecule has 1 aliphatic rings. The zero-order valence-corrected chi connectivity index (χ0v) is 16.0. The summed E-state index contributed by atoms with van der Waals surface area (Å²) in [4.78, 5) is 33.5. The van der Waals surface area contributed by atoms with Crippen molar-refractivity contribution in [2.45, 2.75) is 15.7 Å². The molecule has 10 heteroatoms. The third kappa shape index (κ3) is 4.20. The summed E-state index contributed by atoms with van der Waals surface area (Å²) in [6.45, 7) is 0. The average Bonchev–Trinajstić information content (AvgIpc) is 2.60. The van der Waals surface area contributed by atoms with Gasteiger partial charge in [0.1, 0.15) is 16.7 Å². The van der Waals surface area contributed by atoms with Gasteiger partial charge < -0.3 is 0 Å². The highest BCUT2D eigenvalue weighted by atomic mass is 35.5. The molecule has 1 aromatic carbocycles. The average molecular weight is 431 g/mol. The second-order valence-corrected chi connectivity index (χ2v) is 7.86. The Labute approximate surface area is 165 Å². The maximum atomic E-state index is 12.8. The third-order valence-corrected chi connectivity index (χ3v) is 5.57. The highest BCUT2D eigenvalue weighted by Crippen LogP contribution is 2.40. The molecule has 0 fully saturated rings. The van der Waals surface area contributed by atoms with Crippen molar-refractivity contribution in [3.8, 4) is 0 Å². The minimum Gasteiger partial charge on any atom is -0.291 e. The molecule has 1 aromatic heterocycles. The van der Waals surface area contributed by atoms with Crippen LogP contribution in [0.1, 0.15) is 20.8 Å². The number of pyridine rings is 1. The number of Topliss-reactive ketones (excluding diaryl/α,β-unsaturated/α-hetero) is 2. The number of hydrogen-bond acceptors (Lipinski definition) is 6. The van der Waals surface area contributed by atoms with Gasteiger partial charge in [0.05, 0.1) is 16.3 Å². The van der Waals surface area contributed by atoms with E-state index in [-0.39, 0.29) is 50.1 Å². The van der Waals surface area contributed by atoms with Crippen molar-refractivity contribution in [1.82, 2.24) is 4.98 Å². The van der Waals surface area contributed by atoms with Crippen LogP contribution in [0.4, 0.5) is 18.9 Å². The molecular formula is C17H10ClF3N2O2S2. The van der Waals surface area contributed by atoms with Crippen molar-refractivity contribution >= 4 is 58.1 Å². The summed E-state index contributed by atoms with van der Waals surface area (Å²) in [5.41, 5.74) is -4.11. The number of rotatable bonds is 3. The van der Waals surface area contributed by atoms with E-state index in [1.54, 1.807) is 6.26 Å². The molecule has 2 aromatic rings. The van der Waals surface area contributed by atoms with Crippen molar-refractivity contribution in [2.24, 2.45) is 4.99 Å². The summed E-state index contributed by atoms with van der Waals surface area (Å²) in [5.74, 6) is -0.807. The molecule has 1 aliphatic carbocycles. The predicted molar refractivity (Wildman–Crippen MR) is 101 cm³/mol. The molecule has 1 heterocycles. The van der Waals surface area contributed by atoms with Gasteiger partial charge in [0, 0.05) is 11.1 Å². The maximum absolute atomic E-state index is 12.8. The van der Waals surface area contributed by atoms with Crippen LogP contribution in [0.2, 0.25) is 5.02 Å². The number of aromatic nitrogens is 1. The first-order chi connectivity index (χ1) is 12.7. The van der Waals surface area contributed by atoms with E-state index in [1.807, 2.05) is 0 Å². The summed E-state index contributed by atoms with van der Waals surface area (Å²) in [7, 11) is 0. The fourth-order valence-corrected chi connectivity index (χ4v) is 4.10. The highest BCUT2D eigenvalue weighted by Gasteiger charge is 2.39. The Balaban J connectivity index is 2.03. The number of benzene rings is 1. The summed E-state index contributed by atoms with van der Waals surface area (Å²) in [5, 5.41) is -0.908. The van der Waals surface area contributed by atoms with Gasteiger partial charge in [-0.1, -0.05) is 11.6 Å². The van der Waals surface area contributed by atoms with E-state index < -0.39 is 16.5 Å². The van der Waals surface area contributed by atoms with Crippen molar-refractivity contribution in [1.29, 1.82) is 0 Å². The van der Waals surface area contributed by atoms with Gasteiger partial charge in [-0.25, -0.2) is 4.99 Å². The molecule has 0 bridgehead atoms. The number of nitrogens with zero attached hydrogens (tertiary/aromatic N) is 2. The Kier molecular flexibility index (Phi) is 5.64. The fraction of sp³-hybridized carbons (Fsp3) is 0.176. The van der Waals surface area contributed by atoms with Gasteiger partial charge in [-0.15, -0.1) is 11.8 Å². The van der Waals surface area contributed by atoms with E-state index >= 15 is 0 Å².